The van der Waals surface area contributed by atoms with Gasteiger partial charge < -0.3 is 0 Å². The predicted octanol–water partition coefficient (Wildman–Crippen LogP) is 4.27. The SMILES string of the molecule is CCS/C(C)=C/P(=O)(Cl)Cl. The Bertz CT molecular complexity index is 174. The van der Waals surface area contributed by atoms with E-state index >= 15 is 0 Å². The maximum absolute atomic E-state index is 10.7. The maximum Gasteiger partial charge on any atom is 0.275 e. The van der Waals surface area contributed by atoms with E-state index in [0.29, 0.717) is 0 Å². The molecule has 0 aliphatic rings. The Morgan fingerprint density at radius 2 is 2.20 bits per heavy atom. The summed E-state index contributed by atoms with van der Waals surface area (Å²) in [4.78, 5) is 0.913. The largest absolute Gasteiger partial charge is 0.285 e. The molecule has 60 valence electrons. The van der Waals surface area contributed by atoms with Crippen LogP contribution in [0.1, 0.15) is 13.8 Å². The Kier molecular flexibility index (Phi) is 5.14. The van der Waals surface area contributed by atoms with Crippen LogP contribution in [-0.4, -0.2) is 5.75 Å². The van der Waals surface area contributed by atoms with E-state index in [1.165, 1.54) is 5.82 Å². The van der Waals surface area contributed by atoms with E-state index in [9.17, 15) is 4.57 Å². The van der Waals surface area contributed by atoms with Gasteiger partial charge in [0, 0.05) is 5.82 Å². The molecule has 10 heavy (non-hydrogen) atoms. The quantitative estimate of drug-likeness (QED) is 0.659. The molecule has 0 atom stereocenters. The van der Waals surface area contributed by atoms with Gasteiger partial charge in [-0.25, -0.2) is 0 Å². The van der Waals surface area contributed by atoms with Crippen molar-refractivity contribution in [3.05, 3.63) is 10.7 Å². The molecular formula is C5H9Cl2OPS. The Morgan fingerprint density at radius 1 is 1.70 bits per heavy atom. The van der Waals surface area contributed by atoms with Crippen molar-refractivity contribution in [1.29, 1.82) is 0 Å². The topological polar surface area (TPSA) is 17.1 Å². The minimum atomic E-state index is -2.99. The van der Waals surface area contributed by atoms with Crippen molar-refractivity contribution in [2.45, 2.75) is 13.8 Å². The molecule has 0 aromatic heterocycles. The molecule has 0 radical (unpaired) electrons. The van der Waals surface area contributed by atoms with Gasteiger partial charge in [0.15, 0.2) is 0 Å². The highest BCUT2D eigenvalue weighted by Crippen LogP contribution is 2.59. The Labute approximate surface area is 75.1 Å². The lowest BCUT2D eigenvalue weighted by Gasteiger charge is -1.97. The van der Waals surface area contributed by atoms with Crippen LogP contribution in [0, 0.1) is 0 Å². The van der Waals surface area contributed by atoms with Crippen molar-refractivity contribution in [2.24, 2.45) is 0 Å². The molecule has 5 heteroatoms. The van der Waals surface area contributed by atoms with Crippen LogP contribution in [0.2, 0.25) is 0 Å². The van der Waals surface area contributed by atoms with Crippen LogP contribution in [0.15, 0.2) is 10.7 Å². The highest BCUT2D eigenvalue weighted by molar-refractivity contribution is 8.11. The number of hydrogen-bond donors (Lipinski definition) is 0. The van der Waals surface area contributed by atoms with Crippen molar-refractivity contribution in [1.82, 2.24) is 0 Å². The fraction of sp³-hybridized carbons (Fsp3) is 0.600. The van der Waals surface area contributed by atoms with Gasteiger partial charge in [-0.1, -0.05) is 6.92 Å². The van der Waals surface area contributed by atoms with Crippen molar-refractivity contribution < 1.29 is 4.57 Å². The first-order valence-corrected chi connectivity index (χ1v) is 7.34. The highest BCUT2D eigenvalue weighted by atomic mass is 35.9. The summed E-state index contributed by atoms with van der Waals surface area (Å²) in [5, 5.41) is 0. The van der Waals surface area contributed by atoms with Crippen molar-refractivity contribution in [2.75, 3.05) is 5.75 Å². The minimum absolute atomic E-state index is 0.913. The highest BCUT2D eigenvalue weighted by Gasteiger charge is 2.08. The predicted molar refractivity (Wildman–Crippen MR) is 51.2 cm³/mol. The molecule has 0 aromatic carbocycles. The summed E-state index contributed by atoms with van der Waals surface area (Å²) >= 11 is 12.2. The molecule has 0 rings (SSSR count). The number of hydrogen-bond acceptors (Lipinski definition) is 2. The molecule has 0 saturated carbocycles. The van der Waals surface area contributed by atoms with Crippen LogP contribution in [0.25, 0.3) is 0 Å². The van der Waals surface area contributed by atoms with Crippen molar-refractivity contribution in [3.63, 3.8) is 0 Å². The summed E-state index contributed by atoms with van der Waals surface area (Å²) in [7, 11) is 0. The summed E-state index contributed by atoms with van der Waals surface area (Å²) in [6.07, 6.45) is 0. The van der Waals surface area contributed by atoms with E-state index in [2.05, 4.69) is 0 Å². The molecule has 0 spiro atoms. The molecule has 0 amide bonds. The second-order valence-corrected chi connectivity index (χ2v) is 7.98. The second kappa shape index (κ2) is 4.71. The zero-order valence-corrected chi connectivity index (χ0v) is 9.03. The lowest BCUT2D eigenvalue weighted by Crippen LogP contribution is -1.67. The third kappa shape index (κ3) is 7.01. The van der Waals surface area contributed by atoms with Crippen molar-refractivity contribution >= 4 is 40.1 Å². The Hall–Kier alpha value is 0.900. The molecule has 1 nitrogen and oxygen atoms in total. The van der Waals surface area contributed by atoms with Gasteiger partial charge in [0.2, 0.25) is 0 Å². The minimum Gasteiger partial charge on any atom is -0.285 e. The standard InChI is InChI=1S/C5H9Cl2OPS/c1-3-10-5(2)4-9(6,7)8/h4H,3H2,1-2H3/b5-4+. The van der Waals surface area contributed by atoms with E-state index in [1.54, 1.807) is 11.8 Å². The van der Waals surface area contributed by atoms with Gasteiger partial charge in [-0.3, -0.25) is 4.57 Å². The van der Waals surface area contributed by atoms with Gasteiger partial charge in [-0.05, 0) is 40.1 Å². The molecule has 0 fully saturated rings. The molecule has 0 aromatic rings. The van der Waals surface area contributed by atoms with Crippen LogP contribution in [-0.2, 0) is 4.57 Å². The molecule has 0 N–H and O–H groups in total. The third-order valence-electron chi connectivity index (χ3n) is 0.704. The fourth-order valence-electron chi connectivity index (χ4n) is 0.477. The van der Waals surface area contributed by atoms with Crippen LogP contribution in [0.4, 0.5) is 0 Å². The van der Waals surface area contributed by atoms with Gasteiger partial charge in [0.25, 0.3) is 5.85 Å². The van der Waals surface area contributed by atoms with E-state index in [-0.39, 0.29) is 0 Å². The molecule has 0 aliphatic carbocycles. The zero-order chi connectivity index (χ0) is 8.20. The first-order valence-electron chi connectivity index (χ1n) is 2.77. The molecule has 0 unspecified atom stereocenters. The van der Waals surface area contributed by atoms with Gasteiger partial charge in [0.1, 0.15) is 0 Å². The maximum atomic E-state index is 10.7. The lowest BCUT2D eigenvalue weighted by molar-refractivity contribution is 0.597. The fourth-order valence-corrected chi connectivity index (χ4v) is 3.32. The van der Waals surface area contributed by atoms with E-state index < -0.39 is 5.85 Å². The van der Waals surface area contributed by atoms with Crippen LogP contribution in [0.3, 0.4) is 0 Å². The van der Waals surface area contributed by atoms with Gasteiger partial charge in [0.05, 0.1) is 0 Å². The number of allylic oxidation sites excluding steroid dienone is 1. The van der Waals surface area contributed by atoms with Crippen LogP contribution < -0.4 is 0 Å². The zero-order valence-electron chi connectivity index (χ0n) is 5.80. The second-order valence-electron chi connectivity index (χ2n) is 1.68. The van der Waals surface area contributed by atoms with E-state index in [0.717, 1.165) is 10.7 Å². The smallest absolute Gasteiger partial charge is 0.275 e. The monoisotopic (exact) mass is 218 g/mol. The van der Waals surface area contributed by atoms with Gasteiger partial charge >= 0.3 is 0 Å². The van der Waals surface area contributed by atoms with E-state index in [1.807, 2.05) is 13.8 Å². The van der Waals surface area contributed by atoms with Crippen LogP contribution in [0.5, 0.6) is 0 Å². The molecular weight excluding hydrogens is 210 g/mol. The van der Waals surface area contributed by atoms with E-state index in [4.69, 9.17) is 22.5 Å². The molecule has 0 bridgehead atoms. The Morgan fingerprint density at radius 3 is 2.50 bits per heavy atom. The lowest BCUT2D eigenvalue weighted by atomic mass is 10.8. The summed E-state index contributed by atoms with van der Waals surface area (Å²) in [5.41, 5.74) is 0. The number of thioether (sulfide) groups is 1. The average molecular weight is 219 g/mol. The normalized spacial score (nSPS) is 13.8. The number of rotatable bonds is 3. The summed E-state index contributed by atoms with van der Waals surface area (Å²) in [6.45, 7) is 3.85. The summed E-state index contributed by atoms with van der Waals surface area (Å²) < 4.78 is 10.7. The number of halogens is 2. The van der Waals surface area contributed by atoms with Crippen molar-refractivity contribution in [3.8, 4) is 0 Å². The first kappa shape index (κ1) is 10.9. The third-order valence-corrected chi connectivity index (χ3v) is 3.01. The molecule has 0 saturated heterocycles. The summed E-state index contributed by atoms with van der Waals surface area (Å²) in [5.74, 6) is -0.642. The van der Waals surface area contributed by atoms with Gasteiger partial charge in [-0.2, -0.15) is 0 Å². The molecule has 0 aliphatic heterocycles. The van der Waals surface area contributed by atoms with Gasteiger partial charge in [-0.15, -0.1) is 11.8 Å². The van der Waals surface area contributed by atoms with Crippen LogP contribution >= 0.6 is 40.1 Å². The first-order chi connectivity index (χ1) is 4.45. The molecule has 0 heterocycles. The average Bonchev–Trinajstić information content (AvgIpc) is 1.59. The Balaban J connectivity index is 4.04. The summed E-state index contributed by atoms with van der Waals surface area (Å²) in [6, 6.07) is 0.